The number of hydrogen-bond donors (Lipinski definition) is 3. The molecular formula is C16H26N4O. The van der Waals surface area contributed by atoms with Crippen molar-refractivity contribution in [2.24, 2.45) is 16.6 Å². The third-order valence-corrected chi connectivity index (χ3v) is 2.99. The van der Waals surface area contributed by atoms with Crippen LogP contribution in [0.25, 0.3) is 0 Å². The summed E-state index contributed by atoms with van der Waals surface area (Å²) in [5.41, 5.74) is 7.43. The minimum Gasteiger partial charge on any atom is -0.370 e. The van der Waals surface area contributed by atoms with Gasteiger partial charge in [-0.25, -0.2) is 4.99 Å². The summed E-state index contributed by atoms with van der Waals surface area (Å²) in [6.07, 6.45) is 1.06. The number of hydrogen-bond acceptors (Lipinski definition) is 2. The van der Waals surface area contributed by atoms with Crippen LogP contribution in [0.15, 0.2) is 29.3 Å². The fraction of sp³-hybridized carbons (Fsp3) is 0.500. The Bertz CT molecular complexity index is 483. The fourth-order valence-electron chi connectivity index (χ4n) is 1.79. The van der Waals surface area contributed by atoms with Gasteiger partial charge in [-0.2, -0.15) is 0 Å². The van der Waals surface area contributed by atoms with Gasteiger partial charge in [0.2, 0.25) is 0 Å². The summed E-state index contributed by atoms with van der Waals surface area (Å²) in [5.74, 6) is 1.02. The van der Waals surface area contributed by atoms with E-state index in [1.807, 2.05) is 25.1 Å². The first kappa shape index (κ1) is 17.0. The minimum absolute atomic E-state index is 0.0636. The van der Waals surface area contributed by atoms with Gasteiger partial charge >= 0.3 is 0 Å². The van der Waals surface area contributed by atoms with Crippen LogP contribution >= 0.6 is 0 Å². The van der Waals surface area contributed by atoms with Gasteiger partial charge in [0.15, 0.2) is 5.96 Å². The van der Waals surface area contributed by atoms with Gasteiger partial charge in [0.25, 0.3) is 5.91 Å². The van der Waals surface area contributed by atoms with E-state index in [9.17, 15) is 4.79 Å². The fourth-order valence-corrected chi connectivity index (χ4v) is 1.79. The van der Waals surface area contributed by atoms with Crippen molar-refractivity contribution < 1.29 is 4.79 Å². The van der Waals surface area contributed by atoms with Gasteiger partial charge in [-0.1, -0.05) is 26.0 Å². The van der Waals surface area contributed by atoms with Crippen molar-refractivity contribution in [2.75, 3.05) is 13.1 Å². The van der Waals surface area contributed by atoms with Crippen molar-refractivity contribution in [3.63, 3.8) is 0 Å². The second kappa shape index (κ2) is 9.00. The predicted octanol–water partition coefficient (Wildman–Crippen LogP) is 1.89. The van der Waals surface area contributed by atoms with Crippen LogP contribution in [0.3, 0.4) is 0 Å². The van der Waals surface area contributed by atoms with E-state index < -0.39 is 0 Å². The molecule has 0 radical (unpaired) electrons. The molecule has 0 fully saturated rings. The van der Waals surface area contributed by atoms with E-state index in [0.717, 1.165) is 18.5 Å². The molecule has 1 amide bonds. The Morgan fingerprint density at radius 2 is 2.10 bits per heavy atom. The van der Waals surface area contributed by atoms with Crippen LogP contribution < -0.4 is 16.4 Å². The molecule has 0 heterocycles. The average Bonchev–Trinajstić information content (AvgIpc) is 2.45. The Morgan fingerprint density at radius 1 is 1.33 bits per heavy atom. The molecule has 116 valence electrons. The number of nitrogens with one attached hydrogen (secondary N) is 2. The molecule has 5 heteroatoms. The number of carbonyl (C=O) groups excluding carboxylic acids is 1. The number of nitrogens with two attached hydrogens (primary N) is 1. The van der Waals surface area contributed by atoms with Crippen LogP contribution in [0.1, 0.15) is 43.1 Å². The van der Waals surface area contributed by atoms with Gasteiger partial charge < -0.3 is 16.4 Å². The van der Waals surface area contributed by atoms with Crippen molar-refractivity contribution >= 4 is 11.9 Å². The average molecular weight is 290 g/mol. The summed E-state index contributed by atoms with van der Waals surface area (Å²) in [6, 6.07) is 7.43. The number of aliphatic imine (C=N–C) groups is 1. The van der Waals surface area contributed by atoms with Gasteiger partial charge in [-0.15, -0.1) is 0 Å². The number of nitrogens with zero attached hydrogens (tertiary/aromatic N) is 1. The quantitative estimate of drug-likeness (QED) is 0.530. The molecule has 1 aromatic rings. The van der Waals surface area contributed by atoms with Gasteiger partial charge in [0, 0.05) is 18.7 Å². The minimum atomic E-state index is -0.0636. The van der Waals surface area contributed by atoms with Crippen LogP contribution in [0, 0.1) is 5.92 Å². The largest absolute Gasteiger partial charge is 0.370 e. The van der Waals surface area contributed by atoms with Gasteiger partial charge in [0.05, 0.1) is 6.54 Å². The standard InChI is InChI=1S/C16H26N4O/c1-4-18-15(21)14-7-5-6-13(10-14)11-20-16(17)19-9-8-12(2)3/h5-7,10,12H,4,8-9,11H2,1-3H3,(H,18,21)(H3,17,19,20). The lowest BCUT2D eigenvalue weighted by Crippen LogP contribution is -2.32. The van der Waals surface area contributed by atoms with Crippen LogP contribution in [0.2, 0.25) is 0 Å². The highest BCUT2D eigenvalue weighted by atomic mass is 16.1. The smallest absolute Gasteiger partial charge is 0.251 e. The van der Waals surface area contributed by atoms with Crippen LogP contribution in [-0.4, -0.2) is 25.0 Å². The molecule has 0 bridgehead atoms. The molecule has 0 aliphatic rings. The van der Waals surface area contributed by atoms with Crippen molar-refractivity contribution in [3.8, 4) is 0 Å². The zero-order chi connectivity index (χ0) is 15.7. The molecule has 0 saturated carbocycles. The molecule has 0 aliphatic carbocycles. The Kier molecular flexibility index (Phi) is 7.29. The number of rotatable bonds is 7. The lowest BCUT2D eigenvalue weighted by Gasteiger charge is -2.08. The number of benzene rings is 1. The maximum atomic E-state index is 11.8. The van der Waals surface area contributed by atoms with E-state index in [4.69, 9.17) is 5.73 Å². The zero-order valence-electron chi connectivity index (χ0n) is 13.1. The Labute approximate surface area is 127 Å². The number of carbonyl (C=O) groups is 1. The molecule has 0 aromatic heterocycles. The Morgan fingerprint density at radius 3 is 2.76 bits per heavy atom. The molecule has 21 heavy (non-hydrogen) atoms. The Hall–Kier alpha value is -2.04. The molecule has 1 aromatic carbocycles. The highest BCUT2D eigenvalue weighted by Gasteiger charge is 2.04. The van der Waals surface area contributed by atoms with E-state index in [0.29, 0.717) is 30.5 Å². The molecule has 0 aliphatic heterocycles. The third-order valence-electron chi connectivity index (χ3n) is 2.99. The first-order valence-corrected chi connectivity index (χ1v) is 7.43. The maximum absolute atomic E-state index is 11.8. The van der Waals surface area contributed by atoms with E-state index >= 15 is 0 Å². The summed E-state index contributed by atoms with van der Waals surface area (Å²) < 4.78 is 0. The third kappa shape index (κ3) is 6.79. The monoisotopic (exact) mass is 290 g/mol. The molecule has 4 N–H and O–H groups in total. The molecule has 5 nitrogen and oxygen atoms in total. The topological polar surface area (TPSA) is 79.5 Å². The highest BCUT2D eigenvalue weighted by molar-refractivity contribution is 5.94. The highest BCUT2D eigenvalue weighted by Crippen LogP contribution is 2.06. The van der Waals surface area contributed by atoms with E-state index in [-0.39, 0.29) is 5.91 Å². The molecule has 1 rings (SSSR count). The molecule has 0 spiro atoms. The first-order chi connectivity index (χ1) is 10.0. The van der Waals surface area contributed by atoms with Crippen molar-refractivity contribution in [1.82, 2.24) is 10.6 Å². The Balaban J connectivity index is 2.54. The van der Waals surface area contributed by atoms with Gasteiger partial charge in [-0.05, 0) is 37.0 Å². The lowest BCUT2D eigenvalue weighted by molar-refractivity contribution is 0.0955. The summed E-state index contributed by atoms with van der Waals surface area (Å²) in [4.78, 5) is 16.0. The first-order valence-electron chi connectivity index (χ1n) is 7.43. The molecular weight excluding hydrogens is 264 g/mol. The van der Waals surface area contributed by atoms with Crippen molar-refractivity contribution in [1.29, 1.82) is 0 Å². The van der Waals surface area contributed by atoms with Crippen LogP contribution in [0.5, 0.6) is 0 Å². The molecule has 0 saturated heterocycles. The SMILES string of the molecule is CCNC(=O)c1cccc(CN=C(N)NCCC(C)C)c1. The van der Waals surface area contributed by atoms with E-state index in [1.165, 1.54) is 0 Å². The van der Waals surface area contributed by atoms with Gasteiger partial charge in [-0.3, -0.25) is 4.79 Å². The van der Waals surface area contributed by atoms with Crippen LogP contribution in [-0.2, 0) is 6.54 Å². The number of guanidine groups is 1. The van der Waals surface area contributed by atoms with E-state index in [2.05, 4.69) is 29.5 Å². The summed E-state index contributed by atoms with van der Waals surface area (Å²) >= 11 is 0. The van der Waals surface area contributed by atoms with E-state index in [1.54, 1.807) is 6.07 Å². The molecule has 0 unspecified atom stereocenters. The van der Waals surface area contributed by atoms with Crippen molar-refractivity contribution in [3.05, 3.63) is 35.4 Å². The predicted molar refractivity (Wildman–Crippen MR) is 87.2 cm³/mol. The summed E-state index contributed by atoms with van der Waals surface area (Å²) in [7, 11) is 0. The van der Waals surface area contributed by atoms with Crippen LogP contribution in [0.4, 0.5) is 0 Å². The normalized spacial score (nSPS) is 11.5. The lowest BCUT2D eigenvalue weighted by atomic mass is 10.1. The second-order valence-corrected chi connectivity index (χ2v) is 5.37. The zero-order valence-corrected chi connectivity index (χ0v) is 13.1. The summed E-state index contributed by atoms with van der Waals surface area (Å²) in [5, 5.41) is 5.87. The number of amides is 1. The van der Waals surface area contributed by atoms with Gasteiger partial charge in [0.1, 0.15) is 0 Å². The second-order valence-electron chi connectivity index (χ2n) is 5.37. The molecule has 0 atom stereocenters. The van der Waals surface area contributed by atoms with Crippen molar-refractivity contribution in [2.45, 2.75) is 33.7 Å². The summed E-state index contributed by atoms with van der Waals surface area (Å²) in [6.45, 7) is 8.15. The maximum Gasteiger partial charge on any atom is 0.251 e.